The number of fused-ring (bicyclic) bond motifs is 2. The minimum atomic E-state index is -0.635. The van der Waals surface area contributed by atoms with Crippen molar-refractivity contribution < 1.29 is 15.2 Å². The van der Waals surface area contributed by atoms with Crippen LogP contribution in [0.2, 0.25) is 0 Å². The quantitative estimate of drug-likeness (QED) is 0.382. The molecular formula is C20H21IN2O3. The van der Waals surface area contributed by atoms with Gasteiger partial charge in [0, 0.05) is 28.3 Å². The maximum absolute atomic E-state index is 9.41. The molecular weight excluding hydrogens is 443 g/mol. The summed E-state index contributed by atoms with van der Waals surface area (Å²) in [4.78, 5) is 2.19. The first-order valence-corrected chi connectivity index (χ1v) is 9.97. The monoisotopic (exact) mass is 464 g/mol. The molecule has 1 unspecified atom stereocenters. The molecule has 2 aliphatic rings. The van der Waals surface area contributed by atoms with Crippen molar-refractivity contribution in [2.75, 3.05) is 17.2 Å². The summed E-state index contributed by atoms with van der Waals surface area (Å²) in [6.45, 7) is 4.40. The van der Waals surface area contributed by atoms with Crippen LogP contribution >= 0.6 is 22.6 Å². The van der Waals surface area contributed by atoms with Crippen LogP contribution in [0, 0.1) is 0 Å². The Hall–Kier alpha value is -1.77. The highest BCUT2D eigenvalue weighted by atomic mass is 127. The number of anilines is 2. The van der Waals surface area contributed by atoms with Crippen LogP contribution in [0.25, 0.3) is 6.08 Å². The van der Waals surface area contributed by atoms with Gasteiger partial charge in [-0.2, -0.15) is 0 Å². The van der Waals surface area contributed by atoms with E-state index in [1.165, 1.54) is 5.56 Å². The normalized spacial score (nSPS) is 22.2. The summed E-state index contributed by atoms with van der Waals surface area (Å²) in [6.07, 6.45) is 4.10. The first-order chi connectivity index (χ1) is 12.3. The fourth-order valence-electron chi connectivity index (χ4n) is 4.15. The first kappa shape index (κ1) is 17.6. The summed E-state index contributed by atoms with van der Waals surface area (Å²) in [5.41, 5.74) is 3.61. The van der Waals surface area contributed by atoms with Gasteiger partial charge < -0.3 is 9.64 Å². The molecule has 0 radical (unpaired) electrons. The minimum absolute atomic E-state index is 0.149. The van der Waals surface area contributed by atoms with Gasteiger partial charge in [-0.1, -0.05) is 40.8 Å². The SMILES string of the molecule is CN1c2ccccc2C(C)(C)C12C=Cc1cc(N(O)O)cc(CI)c1O2. The molecule has 26 heavy (non-hydrogen) atoms. The van der Waals surface area contributed by atoms with Gasteiger partial charge >= 0.3 is 0 Å². The van der Waals surface area contributed by atoms with Gasteiger partial charge in [0.15, 0.2) is 0 Å². The van der Waals surface area contributed by atoms with E-state index in [0.29, 0.717) is 10.1 Å². The Kier molecular flexibility index (Phi) is 3.98. The lowest BCUT2D eigenvalue weighted by atomic mass is 9.76. The largest absolute Gasteiger partial charge is 0.462 e. The van der Waals surface area contributed by atoms with Crippen molar-refractivity contribution in [2.45, 2.75) is 29.4 Å². The third-order valence-electron chi connectivity index (χ3n) is 5.63. The topological polar surface area (TPSA) is 56.2 Å². The summed E-state index contributed by atoms with van der Waals surface area (Å²) in [5, 5.41) is 19.0. The predicted octanol–water partition coefficient (Wildman–Crippen LogP) is 4.74. The molecule has 2 heterocycles. The number of nitrogens with zero attached hydrogens (tertiary/aromatic N) is 2. The maximum atomic E-state index is 9.41. The van der Waals surface area contributed by atoms with Crippen molar-refractivity contribution in [2.24, 2.45) is 0 Å². The van der Waals surface area contributed by atoms with Gasteiger partial charge in [0.1, 0.15) is 5.75 Å². The van der Waals surface area contributed by atoms with E-state index in [2.05, 4.69) is 72.7 Å². The van der Waals surface area contributed by atoms with Crippen molar-refractivity contribution in [3.8, 4) is 5.75 Å². The summed E-state index contributed by atoms with van der Waals surface area (Å²) >= 11 is 2.27. The molecule has 136 valence electrons. The molecule has 0 fully saturated rings. The van der Waals surface area contributed by atoms with Crippen LogP contribution in [0.5, 0.6) is 5.75 Å². The Bertz CT molecular complexity index is 910. The summed E-state index contributed by atoms with van der Waals surface area (Å²) in [7, 11) is 2.06. The Morgan fingerprint density at radius 3 is 2.58 bits per heavy atom. The molecule has 1 atom stereocenters. The van der Waals surface area contributed by atoms with Gasteiger partial charge in [0.25, 0.3) is 0 Å². The molecule has 2 aromatic carbocycles. The zero-order chi connectivity index (χ0) is 18.7. The maximum Gasteiger partial charge on any atom is 0.211 e. The Balaban J connectivity index is 1.88. The number of alkyl halides is 1. The van der Waals surface area contributed by atoms with Crippen LogP contribution in [-0.2, 0) is 9.84 Å². The van der Waals surface area contributed by atoms with Gasteiger partial charge in [-0.25, -0.2) is 0 Å². The zero-order valence-electron chi connectivity index (χ0n) is 14.9. The lowest BCUT2D eigenvalue weighted by molar-refractivity contribution is 0.0288. The number of benzene rings is 2. The second-order valence-electron chi connectivity index (χ2n) is 7.28. The van der Waals surface area contributed by atoms with Gasteiger partial charge in [-0.15, -0.1) is 5.23 Å². The van der Waals surface area contributed by atoms with Crippen molar-refractivity contribution in [1.82, 2.24) is 0 Å². The number of hydrogen-bond donors (Lipinski definition) is 2. The molecule has 1 spiro atoms. The fraction of sp³-hybridized carbons (Fsp3) is 0.300. The molecule has 0 saturated heterocycles. The summed E-state index contributed by atoms with van der Waals surface area (Å²) in [6, 6.07) is 11.8. The van der Waals surface area contributed by atoms with Crippen LogP contribution in [0.4, 0.5) is 11.4 Å². The molecule has 0 saturated carbocycles. The van der Waals surface area contributed by atoms with E-state index in [0.717, 1.165) is 22.6 Å². The van der Waals surface area contributed by atoms with E-state index in [9.17, 15) is 10.4 Å². The number of rotatable bonds is 2. The van der Waals surface area contributed by atoms with Crippen molar-refractivity contribution in [3.05, 3.63) is 59.2 Å². The van der Waals surface area contributed by atoms with Gasteiger partial charge in [0.2, 0.25) is 5.72 Å². The van der Waals surface area contributed by atoms with Crippen molar-refractivity contribution >= 4 is 40.0 Å². The zero-order valence-corrected chi connectivity index (χ0v) is 17.1. The standard InChI is InChI=1S/C20H21IN2O3/c1-19(2)16-6-4-5-7-17(16)22(3)20(19)9-8-13-10-15(23(24)25)11-14(12-21)18(13)26-20/h4-11,24-25H,12H2,1-3H3. The number of hydrogen-bond acceptors (Lipinski definition) is 5. The summed E-state index contributed by atoms with van der Waals surface area (Å²) in [5.74, 6) is 0.792. The highest BCUT2D eigenvalue weighted by Gasteiger charge is 2.57. The first-order valence-electron chi connectivity index (χ1n) is 8.44. The molecule has 2 aromatic rings. The van der Waals surface area contributed by atoms with E-state index in [4.69, 9.17) is 4.74 Å². The molecule has 2 N–H and O–H groups in total. The number of para-hydroxylation sites is 1. The van der Waals surface area contributed by atoms with E-state index in [-0.39, 0.29) is 10.6 Å². The molecule has 0 amide bonds. The lowest BCUT2D eigenvalue weighted by Crippen LogP contribution is -2.58. The van der Waals surface area contributed by atoms with Crippen LogP contribution in [0.1, 0.15) is 30.5 Å². The van der Waals surface area contributed by atoms with Crippen molar-refractivity contribution in [1.29, 1.82) is 0 Å². The average Bonchev–Trinajstić information content (AvgIpc) is 2.80. The molecule has 2 aliphatic heterocycles. The van der Waals surface area contributed by atoms with Crippen LogP contribution in [-0.4, -0.2) is 23.2 Å². The number of halogens is 1. The lowest BCUT2D eigenvalue weighted by Gasteiger charge is -2.46. The van der Waals surface area contributed by atoms with Gasteiger partial charge in [-0.05, 0) is 49.8 Å². The van der Waals surface area contributed by atoms with Crippen LogP contribution in [0.3, 0.4) is 0 Å². The Labute approximate surface area is 166 Å². The fourth-order valence-corrected chi connectivity index (χ4v) is 4.72. The number of ether oxygens (including phenoxy) is 1. The van der Waals surface area contributed by atoms with Crippen LogP contribution in [0.15, 0.2) is 42.5 Å². The molecule has 6 heteroatoms. The molecule has 0 aromatic heterocycles. The third-order valence-corrected chi connectivity index (χ3v) is 6.46. The smallest absolute Gasteiger partial charge is 0.211 e. The average molecular weight is 464 g/mol. The molecule has 0 aliphatic carbocycles. The van der Waals surface area contributed by atoms with Crippen LogP contribution < -0.4 is 14.9 Å². The highest BCUT2D eigenvalue weighted by molar-refractivity contribution is 14.1. The van der Waals surface area contributed by atoms with Gasteiger partial charge in [0.05, 0.1) is 11.1 Å². The second kappa shape index (κ2) is 5.87. The van der Waals surface area contributed by atoms with E-state index >= 15 is 0 Å². The van der Waals surface area contributed by atoms with Crippen molar-refractivity contribution in [3.63, 3.8) is 0 Å². The molecule has 4 rings (SSSR count). The minimum Gasteiger partial charge on any atom is -0.462 e. The Morgan fingerprint density at radius 1 is 1.19 bits per heavy atom. The Morgan fingerprint density at radius 2 is 1.92 bits per heavy atom. The third kappa shape index (κ3) is 2.22. The molecule has 5 nitrogen and oxygen atoms in total. The molecule has 0 bridgehead atoms. The van der Waals surface area contributed by atoms with E-state index in [1.54, 1.807) is 12.1 Å². The highest BCUT2D eigenvalue weighted by Crippen LogP contribution is 2.54. The summed E-state index contributed by atoms with van der Waals surface area (Å²) < 4.78 is 7.40. The number of likely N-dealkylation sites (N-methyl/N-ethyl adjacent to an activating group) is 1. The van der Waals surface area contributed by atoms with E-state index < -0.39 is 5.72 Å². The second-order valence-corrected chi connectivity index (χ2v) is 8.04. The predicted molar refractivity (Wildman–Crippen MR) is 110 cm³/mol. The van der Waals surface area contributed by atoms with Gasteiger partial charge in [-0.3, -0.25) is 10.4 Å². The van der Waals surface area contributed by atoms with E-state index in [1.807, 2.05) is 12.1 Å².